The van der Waals surface area contributed by atoms with E-state index in [0.29, 0.717) is 17.4 Å². The highest BCUT2D eigenvalue weighted by Crippen LogP contribution is 2.38. The summed E-state index contributed by atoms with van der Waals surface area (Å²) in [6.07, 6.45) is 81.4. The van der Waals surface area contributed by atoms with Crippen molar-refractivity contribution < 1.29 is 37.3 Å². The van der Waals surface area contributed by atoms with E-state index >= 15 is 0 Å². The minimum atomic E-state index is -4.70. The van der Waals surface area contributed by atoms with Gasteiger partial charge >= 0.3 is 5.97 Å². The van der Waals surface area contributed by atoms with Crippen LogP contribution in [-0.4, -0.2) is 69.4 Å². The molecule has 0 spiro atoms. The molecule has 0 aromatic heterocycles. The topological polar surface area (TPSA) is 114 Å². The summed E-state index contributed by atoms with van der Waals surface area (Å²) in [7, 11) is 1.20. The van der Waals surface area contributed by atoms with Gasteiger partial charge in [0.2, 0.25) is 5.91 Å². The molecule has 10 heteroatoms. The van der Waals surface area contributed by atoms with Crippen molar-refractivity contribution in [3.63, 3.8) is 0 Å². The zero-order chi connectivity index (χ0) is 62.1. The van der Waals surface area contributed by atoms with Crippen LogP contribution < -0.4 is 10.2 Å². The minimum absolute atomic E-state index is 0.0193. The van der Waals surface area contributed by atoms with Crippen molar-refractivity contribution in [1.82, 2.24) is 5.32 Å². The van der Waals surface area contributed by atoms with Gasteiger partial charge in [-0.05, 0) is 83.1 Å². The maximum atomic E-state index is 13.6. The number of rotatable bonds is 69. The maximum Gasteiger partial charge on any atom is 0.306 e. The molecule has 0 aromatic carbocycles. The molecule has 0 aromatic rings. The summed E-state index contributed by atoms with van der Waals surface area (Å²) in [6.45, 7) is 6.89. The van der Waals surface area contributed by atoms with E-state index in [4.69, 9.17) is 13.8 Å². The zero-order valence-corrected chi connectivity index (χ0v) is 58.5. The Balaban J connectivity index is 4.94. The van der Waals surface area contributed by atoms with Gasteiger partial charge in [0.15, 0.2) is 0 Å². The van der Waals surface area contributed by atoms with Gasteiger partial charge in [-0.15, -0.1) is 0 Å². The molecule has 1 amide bonds. The first-order valence-corrected chi connectivity index (χ1v) is 38.8. The van der Waals surface area contributed by atoms with Crippen LogP contribution in [0.15, 0.2) is 36.5 Å². The van der Waals surface area contributed by atoms with E-state index in [-0.39, 0.29) is 31.5 Å². The van der Waals surface area contributed by atoms with Gasteiger partial charge in [-0.1, -0.05) is 321 Å². The predicted molar refractivity (Wildman–Crippen MR) is 367 cm³/mol. The molecule has 1 N–H and O–H groups in total. The van der Waals surface area contributed by atoms with Gasteiger partial charge in [0.1, 0.15) is 19.3 Å². The number of nitrogens with zero attached hydrogens (tertiary/aromatic N) is 1. The van der Waals surface area contributed by atoms with Crippen molar-refractivity contribution in [1.29, 1.82) is 0 Å². The number of allylic oxidation sites excluding steroid dienone is 5. The number of unbranched alkanes of at least 4 members (excludes halogenated alkanes) is 49. The van der Waals surface area contributed by atoms with Gasteiger partial charge in [0.25, 0.3) is 7.82 Å². The molecule has 3 unspecified atom stereocenters. The normalized spacial score (nSPS) is 13.6. The number of hydrogen-bond acceptors (Lipinski definition) is 7. The Labute approximate surface area is 529 Å². The van der Waals surface area contributed by atoms with Crippen LogP contribution in [0.2, 0.25) is 0 Å². The number of likely N-dealkylation sites (N-methyl/N-ethyl adjacent to an activating group) is 1. The number of amides is 1. The molecule has 0 aliphatic rings. The van der Waals surface area contributed by atoms with Crippen molar-refractivity contribution in [3.05, 3.63) is 36.5 Å². The van der Waals surface area contributed by atoms with Crippen LogP contribution in [0.25, 0.3) is 0 Å². The molecule has 0 radical (unpaired) electrons. The summed E-state index contributed by atoms with van der Waals surface area (Å²) in [5.74, 6) is -0.521. The minimum Gasteiger partial charge on any atom is -0.756 e. The molecule has 85 heavy (non-hydrogen) atoms. The number of phosphoric ester groups is 1. The van der Waals surface area contributed by atoms with Gasteiger partial charge in [-0.25, -0.2) is 0 Å². The summed E-state index contributed by atoms with van der Waals surface area (Å²) < 4.78 is 30.5. The number of ether oxygens (including phenoxy) is 1. The number of hydrogen-bond donors (Lipinski definition) is 1. The average Bonchev–Trinajstić information content (AvgIpc) is 3.64. The summed E-state index contributed by atoms with van der Waals surface area (Å²) in [5, 5.41) is 3.05. The lowest BCUT2D eigenvalue weighted by atomic mass is 10.0. The Morgan fingerprint density at radius 1 is 0.400 bits per heavy atom. The molecule has 3 atom stereocenters. The van der Waals surface area contributed by atoms with E-state index in [1.54, 1.807) is 0 Å². The summed E-state index contributed by atoms with van der Waals surface area (Å²) in [6, 6.07) is -0.885. The van der Waals surface area contributed by atoms with Crippen molar-refractivity contribution in [2.24, 2.45) is 0 Å². The number of nitrogens with one attached hydrogen (secondary N) is 1. The number of quaternary nitrogens is 1. The van der Waals surface area contributed by atoms with Crippen LogP contribution in [0.1, 0.15) is 380 Å². The first kappa shape index (κ1) is 83.2. The third-order valence-corrected chi connectivity index (χ3v) is 18.0. The average molecular weight is 1220 g/mol. The van der Waals surface area contributed by atoms with Crippen molar-refractivity contribution in [2.45, 2.75) is 392 Å². The third-order valence-electron chi connectivity index (χ3n) is 17.0. The Kier molecular flexibility index (Phi) is 63.8. The van der Waals surface area contributed by atoms with Crippen LogP contribution in [0.4, 0.5) is 0 Å². The third kappa shape index (κ3) is 66.5. The van der Waals surface area contributed by atoms with Gasteiger partial charge in [0.05, 0.1) is 33.8 Å². The monoisotopic (exact) mass is 1220 g/mol. The smallest absolute Gasteiger partial charge is 0.306 e. The lowest BCUT2D eigenvalue weighted by Gasteiger charge is -2.30. The molecular formula is C75H145N2O7P. The molecule has 0 rings (SSSR count). The van der Waals surface area contributed by atoms with Crippen LogP contribution in [0, 0.1) is 0 Å². The fraction of sp³-hybridized carbons (Fsp3) is 0.893. The zero-order valence-electron chi connectivity index (χ0n) is 57.6. The fourth-order valence-electron chi connectivity index (χ4n) is 11.3. The molecule has 0 heterocycles. The fourth-order valence-corrected chi connectivity index (χ4v) is 12.0. The standard InChI is InChI=1S/C75H145N2O7P/c1-7-10-13-16-19-22-25-27-29-31-33-35-37-38-40-41-43-45-47-49-52-55-58-61-64-67-74(78)76-72(71-83-85(80,81)82-70-69-77(4,5)6)73(66-63-60-57-54-51-24-21-18-15-12-9-3)84-75(79)68-65-62-59-56-53-50-48-46-44-42-39-36-34-32-30-28-26-23-20-17-14-11-8-2/h27-30,63,66,72-73H,7-26,31-62,64-65,67-71H2,1-6H3,(H-,76,78,80,81)/b29-27+,30-28+,66-63+. The molecular weight excluding hydrogens is 1070 g/mol. The lowest BCUT2D eigenvalue weighted by Crippen LogP contribution is -2.47. The van der Waals surface area contributed by atoms with Crippen LogP contribution in [0.5, 0.6) is 0 Å². The number of esters is 1. The highest BCUT2D eigenvalue weighted by Gasteiger charge is 2.27. The maximum absolute atomic E-state index is 13.6. The van der Waals surface area contributed by atoms with E-state index in [1.165, 1.54) is 289 Å². The van der Waals surface area contributed by atoms with Crippen molar-refractivity contribution in [3.8, 4) is 0 Å². The quantitative estimate of drug-likeness (QED) is 0.0212. The molecule has 0 saturated heterocycles. The molecule has 0 aliphatic heterocycles. The van der Waals surface area contributed by atoms with Gasteiger partial charge < -0.3 is 28.5 Å². The van der Waals surface area contributed by atoms with E-state index in [2.05, 4.69) is 50.4 Å². The molecule has 0 aliphatic carbocycles. The SMILES string of the molecule is CCCCCCCC/C=C/CCCCCCCCCCCCCCCCCC(=O)NC(COP(=O)([O-])OCC[N+](C)(C)C)C(/C=C/CCCCCCCCCCC)OC(=O)CCCCCCCCCCCCCCC/C=C/CCCCCCCC. The Morgan fingerprint density at radius 2 is 0.682 bits per heavy atom. The molecule has 502 valence electrons. The van der Waals surface area contributed by atoms with Gasteiger partial charge in [-0.3, -0.25) is 14.2 Å². The highest BCUT2D eigenvalue weighted by molar-refractivity contribution is 7.45. The Bertz CT molecular complexity index is 1550. The first-order chi connectivity index (χ1) is 41.4. The largest absolute Gasteiger partial charge is 0.756 e. The molecule has 0 bridgehead atoms. The Morgan fingerprint density at radius 3 is 1.00 bits per heavy atom. The van der Waals surface area contributed by atoms with Crippen LogP contribution in [0.3, 0.4) is 0 Å². The summed E-state index contributed by atoms with van der Waals surface area (Å²) in [4.78, 5) is 40.2. The van der Waals surface area contributed by atoms with Gasteiger partial charge in [0, 0.05) is 12.8 Å². The van der Waals surface area contributed by atoms with Crippen LogP contribution in [-0.2, 0) is 27.9 Å². The number of phosphoric acid groups is 1. The number of carbonyl (C=O) groups is 2. The second-order valence-corrected chi connectivity index (χ2v) is 28.2. The van der Waals surface area contributed by atoms with E-state index < -0.39 is 20.0 Å². The molecule has 9 nitrogen and oxygen atoms in total. The first-order valence-electron chi connectivity index (χ1n) is 37.3. The van der Waals surface area contributed by atoms with Gasteiger partial charge in [-0.2, -0.15) is 0 Å². The highest BCUT2D eigenvalue weighted by atomic mass is 31.2. The van der Waals surface area contributed by atoms with E-state index in [1.807, 2.05) is 33.3 Å². The second-order valence-electron chi connectivity index (χ2n) is 26.8. The second kappa shape index (κ2) is 65.2. The predicted octanol–water partition coefficient (Wildman–Crippen LogP) is 23.2. The van der Waals surface area contributed by atoms with Crippen molar-refractivity contribution >= 4 is 19.7 Å². The van der Waals surface area contributed by atoms with Crippen LogP contribution >= 0.6 is 7.82 Å². The van der Waals surface area contributed by atoms with E-state index in [9.17, 15) is 19.0 Å². The molecule has 0 saturated carbocycles. The summed E-state index contributed by atoms with van der Waals surface area (Å²) in [5.41, 5.74) is 0. The number of carbonyl (C=O) groups excluding carboxylic acids is 2. The van der Waals surface area contributed by atoms with E-state index in [0.717, 1.165) is 57.8 Å². The summed E-state index contributed by atoms with van der Waals surface area (Å²) >= 11 is 0. The van der Waals surface area contributed by atoms with Crippen molar-refractivity contribution in [2.75, 3.05) is 40.9 Å². The molecule has 0 fully saturated rings. The Hall–Kier alpha value is -1.77. The lowest BCUT2D eigenvalue weighted by molar-refractivity contribution is -0.870.